The van der Waals surface area contributed by atoms with Gasteiger partial charge in [0.05, 0.1) is 13.2 Å². The van der Waals surface area contributed by atoms with Gasteiger partial charge in [0.25, 0.3) is 0 Å². The SMILES string of the molecule is CC1COCc2cc3c(cc21)C(C)(C)C(C)C3C(C)C. The molecular formula is C19H28O. The van der Waals surface area contributed by atoms with Crippen molar-refractivity contribution in [3.63, 3.8) is 0 Å². The highest BCUT2D eigenvalue weighted by atomic mass is 16.5. The fraction of sp³-hybridized carbons (Fsp3) is 0.684. The first kappa shape index (κ1) is 14.1. The van der Waals surface area contributed by atoms with Crippen LogP contribution in [0, 0.1) is 11.8 Å². The van der Waals surface area contributed by atoms with Gasteiger partial charge in [0.1, 0.15) is 0 Å². The highest BCUT2D eigenvalue weighted by Crippen LogP contribution is 2.54. The van der Waals surface area contributed by atoms with Gasteiger partial charge in [0.15, 0.2) is 0 Å². The van der Waals surface area contributed by atoms with Crippen molar-refractivity contribution in [1.82, 2.24) is 0 Å². The summed E-state index contributed by atoms with van der Waals surface area (Å²) in [5.41, 5.74) is 6.43. The average molecular weight is 272 g/mol. The van der Waals surface area contributed by atoms with Crippen LogP contribution in [0.1, 0.15) is 75.6 Å². The molecule has 1 nitrogen and oxygen atoms in total. The van der Waals surface area contributed by atoms with Crippen molar-refractivity contribution in [1.29, 1.82) is 0 Å². The monoisotopic (exact) mass is 272 g/mol. The Bertz CT molecular complexity index is 527. The molecule has 2 aliphatic rings. The van der Waals surface area contributed by atoms with Crippen molar-refractivity contribution in [2.24, 2.45) is 11.8 Å². The van der Waals surface area contributed by atoms with Crippen LogP contribution < -0.4 is 0 Å². The number of benzene rings is 1. The van der Waals surface area contributed by atoms with Gasteiger partial charge in [-0.25, -0.2) is 0 Å². The van der Waals surface area contributed by atoms with E-state index in [9.17, 15) is 0 Å². The molecule has 1 aliphatic carbocycles. The lowest BCUT2D eigenvalue weighted by Gasteiger charge is -2.30. The molecular weight excluding hydrogens is 244 g/mol. The van der Waals surface area contributed by atoms with E-state index >= 15 is 0 Å². The second-order valence-corrected chi connectivity index (χ2v) is 7.83. The van der Waals surface area contributed by atoms with Crippen LogP contribution in [0.5, 0.6) is 0 Å². The van der Waals surface area contributed by atoms with Crippen LogP contribution in [0.15, 0.2) is 12.1 Å². The molecule has 0 radical (unpaired) electrons. The third-order valence-electron chi connectivity index (χ3n) is 5.92. The fourth-order valence-electron chi connectivity index (χ4n) is 4.43. The van der Waals surface area contributed by atoms with Crippen LogP contribution in [0.4, 0.5) is 0 Å². The molecule has 0 spiro atoms. The van der Waals surface area contributed by atoms with Gasteiger partial charge in [-0.3, -0.25) is 0 Å². The lowest BCUT2D eigenvalue weighted by Crippen LogP contribution is -2.25. The standard InChI is InChI=1S/C19H28O/c1-11(2)18-13(4)19(5,6)17-8-15-12(3)9-20-10-14(15)7-16(17)18/h7-8,11-13,18H,9-10H2,1-6H3. The molecule has 0 aromatic heterocycles. The minimum absolute atomic E-state index is 0.289. The van der Waals surface area contributed by atoms with E-state index in [2.05, 4.69) is 53.7 Å². The van der Waals surface area contributed by atoms with Gasteiger partial charge in [-0.15, -0.1) is 0 Å². The van der Waals surface area contributed by atoms with Gasteiger partial charge in [-0.2, -0.15) is 0 Å². The second kappa shape index (κ2) is 4.59. The summed E-state index contributed by atoms with van der Waals surface area (Å²) < 4.78 is 5.74. The van der Waals surface area contributed by atoms with Crippen LogP contribution in [-0.2, 0) is 16.8 Å². The van der Waals surface area contributed by atoms with Crippen LogP contribution in [0.2, 0.25) is 0 Å². The molecule has 1 heterocycles. The Hall–Kier alpha value is -0.820. The molecule has 20 heavy (non-hydrogen) atoms. The van der Waals surface area contributed by atoms with E-state index < -0.39 is 0 Å². The Morgan fingerprint density at radius 1 is 1.15 bits per heavy atom. The molecule has 0 bridgehead atoms. The Morgan fingerprint density at radius 3 is 2.50 bits per heavy atom. The normalized spacial score (nSPS) is 31.2. The van der Waals surface area contributed by atoms with E-state index in [1.807, 2.05) is 0 Å². The van der Waals surface area contributed by atoms with E-state index in [1.165, 1.54) is 11.1 Å². The third kappa shape index (κ3) is 1.86. The summed E-state index contributed by atoms with van der Waals surface area (Å²) >= 11 is 0. The lowest BCUT2D eigenvalue weighted by molar-refractivity contribution is 0.0949. The largest absolute Gasteiger partial charge is 0.376 e. The zero-order chi connectivity index (χ0) is 14.7. The zero-order valence-electron chi connectivity index (χ0n) is 13.8. The van der Waals surface area contributed by atoms with Crippen LogP contribution >= 0.6 is 0 Å². The average Bonchev–Trinajstić information content (AvgIpc) is 2.56. The van der Waals surface area contributed by atoms with Gasteiger partial charge in [-0.1, -0.05) is 53.7 Å². The van der Waals surface area contributed by atoms with E-state index in [0.29, 0.717) is 23.7 Å². The minimum Gasteiger partial charge on any atom is -0.376 e. The van der Waals surface area contributed by atoms with E-state index in [-0.39, 0.29) is 5.41 Å². The number of fused-ring (bicyclic) bond motifs is 2. The maximum Gasteiger partial charge on any atom is 0.0720 e. The summed E-state index contributed by atoms with van der Waals surface area (Å²) in [7, 11) is 0. The molecule has 1 heteroatoms. The predicted molar refractivity (Wildman–Crippen MR) is 84.3 cm³/mol. The predicted octanol–water partition coefficient (Wildman–Crippen LogP) is 4.99. The highest BCUT2D eigenvalue weighted by molar-refractivity contribution is 5.50. The van der Waals surface area contributed by atoms with Crippen LogP contribution in [0.25, 0.3) is 0 Å². The maximum atomic E-state index is 5.74. The summed E-state index contributed by atoms with van der Waals surface area (Å²) in [5, 5.41) is 0. The highest BCUT2D eigenvalue weighted by Gasteiger charge is 2.45. The molecule has 0 amide bonds. The van der Waals surface area contributed by atoms with Crippen LogP contribution in [0.3, 0.4) is 0 Å². The van der Waals surface area contributed by atoms with Crippen LogP contribution in [-0.4, -0.2) is 6.61 Å². The van der Waals surface area contributed by atoms with Crippen molar-refractivity contribution in [3.05, 3.63) is 34.4 Å². The minimum atomic E-state index is 0.289. The maximum absolute atomic E-state index is 5.74. The summed E-state index contributed by atoms with van der Waals surface area (Å²) in [6.45, 7) is 16.0. The Kier molecular flexibility index (Phi) is 3.25. The van der Waals surface area contributed by atoms with Gasteiger partial charge in [-0.05, 0) is 45.4 Å². The van der Waals surface area contributed by atoms with Gasteiger partial charge < -0.3 is 4.74 Å². The number of ether oxygens (including phenoxy) is 1. The molecule has 1 aliphatic heterocycles. The third-order valence-corrected chi connectivity index (χ3v) is 5.92. The first-order chi connectivity index (χ1) is 9.34. The summed E-state index contributed by atoms with van der Waals surface area (Å²) in [6, 6.07) is 4.98. The molecule has 3 atom stereocenters. The summed E-state index contributed by atoms with van der Waals surface area (Å²) in [4.78, 5) is 0. The van der Waals surface area contributed by atoms with Gasteiger partial charge in [0.2, 0.25) is 0 Å². The van der Waals surface area contributed by atoms with Crippen molar-refractivity contribution < 1.29 is 4.74 Å². The van der Waals surface area contributed by atoms with E-state index in [0.717, 1.165) is 13.2 Å². The zero-order valence-corrected chi connectivity index (χ0v) is 13.8. The molecule has 0 N–H and O–H groups in total. The second-order valence-electron chi connectivity index (χ2n) is 7.83. The topological polar surface area (TPSA) is 9.23 Å². The Balaban J connectivity index is 2.19. The molecule has 1 aromatic carbocycles. The lowest BCUT2D eigenvalue weighted by atomic mass is 9.74. The van der Waals surface area contributed by atoms with Crippen molar-refractivity contribution in [2.75, 3.05) is 6.61 Å². The molecule has 0 saturated carbocycles. The molecule has 110 valence electrons. The van der Waals surface area contributed by atoms with Gasteiger partial charge in [0, 0.05) is 5.92 Å². The van der Waals surface area contributed by atoms with Crippen molar-refractivity contribution >= 4 is 0 Å². The van der Waals surface area contributed by atoms with Crippen molar-refractivity contribution in [2.45, 2.75) is 65.4 Å². The number of hydrogen-bond donors (Lipinski definition) is 0. The smallest absolute Gasteiger partial charge is 0.0720 e. The fourth-order valence-corrected chi connectivity index (χ4v) is 4.43. The number of hydrogen-bond acceptors (Lipinski definition) is 1. The van der Waals surface area contributed by atoms with Crippen molar-refractivity contribution in [3.8, 4) is 0 Å². The quantitative estimate of drug-likeness (QED) is 0.700. The molecule has 3 unspecified atom stereocenters. The van der Waals surface area contributed by atoms with Gasteiger partial charge >= 0.3 is 0 Å². The Morgan fingerprint density at radius 2 is 1.85 bits per heavy atom. The molecule has 1 aromatic rings. The molecule has 3 rings (SSSR count). The molecule has 0 fully saturated rings. The van der Waals surface area contributed by atoms with E-state index in [4.69, 9.17) is 4.74 Å². The first-order valence-electron chi connectivity index (χ1n) is 8.09. The van der Waals surface area contributed by atoms with E-state index in [1.54, 1.807) is 11.1 Å². The number of rotatable bonds is 1. The molecule has 0 saturated heterocycles. The first-order valence-corrected chi connectivity index (χ1v) is 8.09. The Labute approximate surface area is 123 Å². The summed E-state index contributed by atoms with van der Waals surface area (Å²) in [6.07, 6.45) is 0. The summed E-state index contributed by atoms with van der Waals surface area (Å²) in [5.74, 6) is 2.62.